The Balaban J connectivity index is 1.82. The Bertz CT molecular complexity index is 637. The summed E-state index contributed by atoms with van der Waals surface area (Å²) in [7, 11) is 0. The molecule has 0 aromatic heterocycles. The van der Waals surface area contributed by atoms with Crippen molar-refractivity contribution in [2.24, 2.45) is 4.99 Å². The number of hydrogen-bond donors (Lipinski definition) is 0. The fourth-order valence-corrected chi connectivity index (χ4v) is 4.51. The normalized spacial score (nSPS) is 21.6. The van der Waals surface area contributed by atoms with Crippen LogP contribution in [0.2, 0.25) is 0 Å². The van der Waals surface area contributed by atoms with Gasteiger partial charge in [0.15, 0.2) is 5.17 Å². The molecule has 0 spiro atoms. The standard InChI is InChI=1S/C19H27N3OS/c1-4-21-18(20-16-10-6-5-7-11-16)24-13-22(19(21)23)17-12-8-9-14(2)15(17)3/h8-9,12,16H,4-7,10-11,13H2,1-3H3/b20-18-. The summed E-state index contributed by atoms with van der Waals surface area (Å²) in [6, 6.07) is 6.61. The highest BCUT2D eigenvalue weighted by molar-refractivity contribution is 8.14. The van der Waals surface area contributed by atoms with Gasteiger partial charge in [0.1, 0.15) is 0 Å². The highest BCUT2D eigenvalue weighted by Gasteiger charge is 2.32. The van der Waals surface area contributed by atoms with Crippen LogP contribution in [0.3, 0.4) is 0 Å². The molecule has 0 bridgehead atoms. The van der Waals surface area contributed by atoms with Gasteiger partial charge in [-0.05, 0) is 50.8 Å². The second-order valence-electron chi connectivity index (χ2n) is 6.65. The van der Waals surface area contributed by atoms with Crippen molar-refractivity contribution >= 4 is 28.6 Å². The summed E-state index contributed by atoms with van der Waals surface area (Å²) >= 11 is 1.69. The van der Waals surface area contributed by atoms with Crippen molar-refractivity contribution in [3.05, 3.63) is 29.3 Å². The third kappa shape index (κ3) is 3.46. The molecule has 1 saturated carbocycles. The quantitative estimate of drug-likeness (QED) is 0.777. The SMILES string of the molecule is CCN1C(=O)N(c2cccc(C)c2C)CS/C1=N\C1CCCCC1. The van der Waals surface area contributed by atoms with Crippen LogP contribution in [-0.2, 0) is 0 Å². The van der Waals surface area contributed by atoms with E-state index in [9.17, 15) is 4.79 Å². The molecule has 3 rings (SSSR count). The van der Waals surface area contributed by atoms with Crippen molar-refractivity contribution in [3.8, 4) is 0 Å². The summed E-state index contributed by atoms with van der Waals surface area (Å²) in [5, 5.41) is 0.913. The van der Waals surface area contributed by atoms with E-state index in [0.717, 1.165) is 23.7 Å². The molecule has 4 nitrogen and oxygen atoms in total. The van der Waals surface area contributed by atoms with Gasteiger partial charge in [-0.1, -0.05) is 43.2 Å². The first-order valence-electron chi connectivity index (χ1n) is 8.97. The Labute approximate surface area is 149 Å². The fraction of sp³-hybridized carbons (Fsp3) is 0.579. The average molecular weight is 346 g/mol. The number of carbonyl (C=O) groups excluding carboxylic acids is 1. The number of hydrogen-bond acceptors (Lipinski definition) is 3. The van der Waals surface area contributed by atoms with E-state index in [-0.39, 0.29) is 6.03 Å². The molecule has 24 heavy (non-hydrogen) atoms. The van der Waals surface area contributed by atoms with Crippen LogP contribution in [0.15, 0.2) is 23.2 Å². The van der Waals surface area contributed by atoms with Gasteiger partial charge in [-0.2, -0.15) is 0 Å². The summed E-state index contributed by atoms with van der Waals surface area (Å²) in [6.07, 6.45) is 6.18. The third-order valence-corrected chi connectivity index (χ3v) is 6.04. The lowest BCUT2D eigenvalue weighted by Gasteiger charge is -2.36. The molecule has 1 heterocycles. The molecular weight excluding hydrogens is 318 g/mol. The van der Waals surface area contributed by atoms with E-state index < -0.39 is 0 Å². The lowest BCUT2D eigenvalue weighted by Crippen LogP contribution is -2.50. The van der Waals surface area contributed by atoms with Crippen molar-refractivity contribution in [1.82, 2.24) is 4.90 Å². The molecule has 5 heteroatoms. The van der Waals surface area contributed by atoms with Gasteiger partial charge in [-0.25, -0.2) is 4.79 Å². The maximum absolute atomic E-state index is 13.0. The molecule has 1 aliphatic heterocycles. The number of benzene rings is 1. The molecule has 0 N–H and O–H groups in total. The van der Waals surface area contributed by atoms with Crippen LogP contribution in [0.25, 0.3) is 0 Å². The minimum atomic E-state index is 0.0551. The summed E-state index contributed by atoms with van der Waals surface area (Å²) in [4.78, 5) is 21.7. The number of rotatable bonds is 3. The summed E-state index contributed by atoms with van der Waals surface area (Å²) in [6.45, 7) is 6.87. The minimum absolute atomic E-state index is 0.0551. The number of aryl methyl sites for hydroxylation is 1. The minimum Gasteiger partial charge on any atom is -0.284 e. The number of thioether (sulfide) groups is 1. The number of nitrogens with zero attached hydrogens (tertiary/aromatic N) is 3. The Morgan fingerprint density at radius 1 is 1.21 bits per heavy atom. The first-order chi connectivity index (χ1) is 11.6. The van der Waals surface area contributed by atoms with Crippen LogP contribution in [0.4, 0.5) is 10.5 Å². The zero-order valence-electron chi connectivity index (χ0n) is 14.9. The number of carbonyl (C=O) groups is 1. The molecule has 2 fully saturated rings. The van der Waals surface area contributed by atoms with Crippen LogP contribution in [0.5, 0.6) is 0 Å². The van der Waals surface area contributed by atoms with Gasteiger partial charge in [0, 0.05) is 12.2 Å². The molecule has 1 aromatic carbocycles. The molecule has 2 aliphatic rings. The van der Waals surface area contributed by atoms with Gasteiger partial charge in [0.05, 0.1) is 11.9 Å². The van der Waals surface area contributed by atoms with E-state index >= 15 is 0 Å². The zero-order valence-corrected chi connectivity index (χ0v) is 15.7. The predicted octanol–water partition coefficient (Wildman–Crippen LogP) is 4.94. The number of anilines is 1. The molecule has 2 amide bonds. The number of amides is 2. The van der Waals surface area contributed by atoms with E-state index in [2.05, 4.69) is 19.9 Å². The van der Waals surface area contributed by atoms with Gasteiger partial charge >= 0.3 is 6.03 Å². The smallest absolute Gasteiger partial charge is 0.284 e. The highest BCUT2D eigenvalue weighted by atomic mass is 32.2. The van der Waals surface area contributed by atoms with Crippen molar-refractivity contribution in [2.45, 2.75) is 58.9 Å². The van der Waals surface area contributed by atoms with E-state index in [1.54, 1.807) is 11.8 Å². The number of aliphatic imine (C=N–C) groups is 1. The van der Waals surface area contributed by atoms with Gasteiger partial charge in [0.25, 0.3) is 0 Å². The Morgan fingerprint density at radius 2 is 1.96 bits per heavy atom. The average Bonchev–Trinajstić information content (AvgIpc) is 2.59. The topological polar surface area (TPSA) is 35.9 Å². The van der Waals surface area contributed by atoms with Crippen LogP contribution in [0, 0.1) is 13.8 Å². The Morgan fingerprint density at radius 3 is 2.67 bits per heavy atom. The van der Waals surface area contributed by atoms with Crippen molar-refractivity contribution < 1.29 is 4.79 Å². The van der Waals surface area contributed by atoms with E-state index in [1.807, 2.05) is 28.9 Å². The van der Waals surface area contributed by atoms with Crippen LogP contribution in [-0.4, -0.2) is 34.6 Å². The third-order valence-electron chi connectivity index (χ3n) is 5.07. The molecule has 0 unspecified atom stereocenters. The Kier molecular flexibility index (Phi) is 5.49. The van der Waals surface area contributed by atoms with E-state index in [1.165, 1.54) is 30.4 Å². The van der Waals surface area contributed by atoms with Crippen LogP contribution < -0.4 is 4.90 Å². The van der Waals surface area contributed by atoms with E-state index in [0.29, 0.717) is 18.5 Å². The molecule has 0 radical (unpaired) electrons. The van der Waals surface area contributed by atoms with Gasteiger partial charge in [-0.3, -0.25) is 14.8 Å². The molecule has 130 valence electrons. The summed E-state index contributed by atoms with van der Waals surface area (Å²) in [5.74, 6) is 0.644. The largest absolute Gasteiger partial charge is 0.331 e. The first-order valence-corrected chi connectivity index (χ1v) is 9.96. The van der Waals surface area contributed by atoms with Crippen molar-refractivity contribution in [2.75, 3.05) is 17.3 Å². The molecular formula is C19H27N3OS. The molecule has 1 aliphatic carbocycles. The number of urea groups is 1. The van der Waals surface area contributed by atoms with Crippen LogP contribution in [0.1, 0.15) is 50.2 Å². The lowest BCUT2D eigenvalue weighted by atomic mass is 9.96. The molecule has 0 atom stereocenters. The lowest BCUT2D eigenvalue weighted by molar-refractivity contribution is 0.229. The van der Waals surface area contributed by atoms with E-state index in [4.69, 9.17) is 4.99 Å². The van der Waals surface area contributed by atoms with Crippen molar-refractivity contribution in [3.63, 3.8) is 0 Å². The van der Waals surface area contributed by atoms with Gasteiger partial charge in [0.2, 0.25) is 0 Å². The van der Waals surface area contributed by atoms with Gasteiger partial charge < -0.3 is 0 Å². The number of amidine groups is 1. The first kappa shape index (κ1) is 17.3. The summed E-state index contributed by atoms with van der Waals surface area (Å²) in [5.41, 5.74) is 3.41. The second kappa shape index (κ2) is 7.60. The monoisotopic (exact) mass is 345 g/mol. The maximum atomic E-state index is 13.0. The molecule has 1 aromatic rings. The fourth-order valence-electron chi connectivity index (χ4n) is 3.43. The van der Waals surface area contributed by atoms with Gasteiger partial charge in [-0.15, -0.1) is 0 Å². The molecule has 1 saturated heterocycles. The maximum Gasteiger partial charge on any atom is 0.331 e. The second-order valence-corrected chi connectivity index (χ2v) is 7.56. The van der Waals surface area contributed by atoms with Crippen LogP contribution >= 0.6 is 11.8 Å². The zero-order chi connectivity index (χ0) is 17.1. The Hall–Kier alpha value is -1.49. The predicted molar refractivity (Wildman–Crippen MR) is 103 cm³/mol. The van der Waals surface area contributed by atoms with Crippen molar-refractivity contribution in [1.29, 1.82) is 0 Å². The highest BCUT2D eigenvalue weighted by Crippen LogP contribution is 2.31. The summed E-state index contributed by atoms with van der Waals surface area (Å²) < 4.78 is 0.